The van der Waals surface area contributed by atoms with Gasteiger partial charge in [0, 0.05) is 41.9 Å². The number of amides is 1. The third kappa shape index (κ3) is 5.46. The van der Waals surface area contributed by atoms with Crippen molar-refractivity contribution >= 4 is 22.0 Å². The second-order valence-corrected chi connectivity index (χ2v) is 7.96. The number of pyridine rings is 1. The number of ether oxygens (including phenoxy) is 1. The summed E-state index contributed by atoms with van der Waals surface area (Å²) < 4.78 is 6.45. The summed E-state index contributed by atoms with van der Waals surface area (Å²) >= 11 is 3.41. The zero-order chi connectivity index (χ0) is 17.0. The molecule has 1 N–H and O–H groups in total. The lowest BCUT2D eigenvalue weighted by atomic mass is 9.95. The quantitative estimate of drug-likeness (QED) is 0.866. The first-order valence-corrected chi connectivity index (χ1v) is 8.83. The van der Waals surface area contributed by atoms with Gasteiger partial charge in [-0.2, -0.15) is 0 Å². The van der Waals surface area contributed by atoms with Crippen molar-refractivity contribution in [3.8, 4) is 0 Å². The first kappa shape index (κ1) is 18.2. The minimum atomic E-state index is -0.446. The summed E-state index contributed by atoms with van der Waals surface area (Å²) in [5, 5.41) is 3.38. The van der Waals surface area contributed by atoms with Gasteiger partial charge < -0.3 is 15.0 Å². The maximum absolute atomic E-state index is 12.2. The van der Waals surface area contributed by atoms with Crippen LogP contribution in [0.2, 0.25) is 0 Å². The van der Waals surface area contributed by atoms with Crippen LogP contribution in [0.15, 0.2) is 22.8 Å². The summed E-state index contributed by atoms with van der Waals surface area (Å²) in [5.41, 5.74) is 0.613. The number of carbonyl (C=O) groups excluding carboxylic acids is 1. The summed E-state index contributed by atoms with van der Waals surface area (Å²) in [4.78, 5) is 18.4. The van der Waals surface area contributed by atoms with Crippen LogP contribution in [-0.2, 0) is 11.2 Å². The number of aromatic nitrogens is 1. The van der Waals surface area contributed by atoms with E-state index in [0.29, 0.717) is 12.0 Å². The number of nitrogens with zero attached hydrogens (tertiary/aromatic N) is 2. The predicted octanol–water partition coefficient (Wildman–Crippen LogP) is 3.23. The highest BCUT2D eigenvalue weighted by Gasteiger charge is 2.33. The summed E-state index contributed by atoms with van der Waals surface area (Å²) in [7, 11) is 1.97. The number of likely N-dealkylation sites (tertiary alicyclic amines) is 1. The van der Waals surface area contributed by atoms with Gasteiger partial charge in [0.15, 0.2) is 0 Å². The van der Waals surface area contributed by atoms with Crippen LogP contribution in [-0.4, -0.2) is 47.8 Å². The van der Waals surface area contributed by atoms with E-state index in [4.69, 9.17) is 4.74 Å². The van der Waals surface area contributed by atoms with Crippen LogP contribution in [0.4, 0.5) is 4.79 Å². The van der Waals surface area contributed by atoms with E-state index < -0.39 is 5.60 Å². The van der Waals surface area contributed by atoms with E-state index in [1.165, 1.54) is 0 Å². The van der Waals surface area contributed by atoms with Crippen molar-refractivity contribution in [1.82, 2.24) is 15.2 Å². The fraction of sp³-hybridized carbons (Fsp3) is 0.647. The standard InChI is InChI=1S/C17H26BrN3O2/c1-17(2,3)23-16(22)21-8-7-12(11-21)15(19-4)9-14-6-5-13(18)10-20-14/h5-6,10,12,15,19H,7-9,11H2,1-4H3. The van der Waals surface area contributed by atoms with Gasteiger partial charge in [-0.1, -0.05) is 0 Å². The fourth-order valence-corrected chi connectivity index (χ4v) is 3.10. The lowest BCUT2D eigenvalue weighted by molar-refractivity contribution is 0.0285. The van der Waals surface area contributed by atoms with Gasteiger partial charge in [-0.15, -0.1) is 0 Å². The van der Waals surface area contributed by atoms with Gasteiger partial charge in [-0.05, 0) is 68.2 Å². The minimum Gasteiger partial charge on any atom is -0.444 e. The van der Waals surface area contributed by atoms with Gasteiger partial charge in [0.25, 0.3) is 0 Å². The molecule has 2 atom stereocenters. The number of nitrogens with one attached hydrogen (secondary N) is 1. The topological polar surface area (TPSA) is 54.5 Å². The minimum absolute atomic E-state index is 0.211. The van der Waals surface area contributed by atoms with Crippen molar-refractivity contribution < 1.29 is 9.53 Å². The van der Waals surface area contributed by atoms with Gasteiger partial charge in [0.2, 0.25) is 0 Å². The Morgan fingerprint density at radius 1 is 1.52 bits per heavy atom. The zero-order valence-corrected chi connectivity index (χ0v) is 15.9. The highest BCUT2D eigenvalue weighted by Crippen LogP contribution is 2.24. The molecule has 0 saturated carbocycles. The van der Waals surface area contributed by atoms with Crippen molar-refractivity contribution in [3.05, 3.63) is 28.5 Å². The molecule has 0 spiro atoms. The molecule has 1 fully saturated rings. The molecule has 6 heteroatoms. The van der Waals surface area contributed by atoms with Crippen LogP contribution >= 0.6 is 15.9 Å². The third-order valence-electron chi connectivity index (χ3n) is 4.03. The van der Waals surface area contributed by atoms with Gasteiger partial charge in [-0.25, -0.2) is 4.79 Å². The first-order valence-electron chi connectivity index (χ1n) is 8.04. The van der Waals surface area contributed by atoms with Crippen molar-refractivity contribution in [3.63, 3.8) is 0 Å². The molecule has 1 saturated heterocycles. The van der Waals surface area contributed by atoms with Gasteiger partial charge in [0.05, 0.1) is 0 Å². The average molecular weight is 384 g/mol. The zero-order valence-electron chi connectivity index (χ0n) is 14.3. The molecule has 2 heterocycles. The van der Waals surface area contributed by atoms with E-state index in [1.807, 2.05) is 51.0 Å². The lowest BCUT2D eigenvalue weighted by Gasteiger charge is -2.26. The summed E-state index contributed by atoms with van der Waals surface area (Å²) in [6.45, 7) is 7.18. The van der Waals surface area contributed by atoms with E-state index in [-0.39, 0.29) is 6.09 Å². The molecule has 0 aliphatic carbocycles. The number of hydrogen-bond donors (Lipinski definition) is 1. The van der Waals surface area contributed by atoms with Gasteiger partial charge in [-0.3, -0.25) is 4.98 Å². The molecule has 128 valence electrons. The van der Waals surface area contributed by atoms with E-state index in [2.05, 4.69) is 26.2 Å². The SMILES string of the molecule is CNC(Cc1ccc(Br)cn1)C1CCN(C(=O)OC(C)(C)C)C1. The molecule has 1 aromatic rings. The van der Waals surface area contributed by atoms with Gasteiger partial charge in [0.1, 0.15) is 5.60 Å². The maximum Gasteiger partial charge on any atom is 0.410 e. The largest absolute Gasteiger partial charge is 0.444 e. The number of hydrogen-bond acceptors (Lipinski definition) is 4. The third-order valence-corrected chi connectivity index (χ3v) is 4.50. The van der Waals surface area contributed by atoms with Gasteiger partial charge >= 0.3 is 6.09 Å². The average Bonchev–Trinajstić information content (AvgIpc) is 2.94. The maximum atomic E-state index is 12.2. The van der Waals surface area contributed by atoms with Crippen LogP contribution < -0.4 is 5.32 Å². The Morgan fingerprint density at radius 3 is 2.83 bits per heavy atom. The molecule has 5 nitrogen and oxygen atoms in total. The monoisotopic (exact) mass is 383 g/mol. The van der Waals surface area contributed by atoms with E-state index in [0.717, 1.165) is 36.1 Å². The lowest BCUT2D eigenvalue weighted by Crippen LogP contribution is -2.39. The molecular formula is C17H26BrN3O2. The molecule has 23 heavy (non-hydrogen) atoms. The molecule has 2 rings (SSSR count). The smallest absolute Gasteiger partial charge is 0.410 e. The summed E-state index contributed by atoms with van der Waals surface area (Å²) in [6, 6.07) is 4.35. The first-order chi connectivity index (χ1) is 10.8. The van der Waals surface area contributed by atoms with Crippen molar-refractivity contribution in [2.45, 2.75) is 45.3 Å². The molecule has 1 aliphatic rings. The number of likely N-dealkylation sites (N-methyl/N-ethyl adjacent to an activating group) is 1. The molecule has 0 aromatic carbocycles. The van der Waals surface area contributed by atoms with Crippen LogP contribution in [0, 0.1) is 5.92 Å². The Labute approximate surface area is 146 Å². The van der Waals surface area contributed by atoms with Crippen LogP contribution in [0.1, 0.15) is 32.9 Å². The molecule has 2 unspecified atom stereocenters. The molecular weight excluding hydrogens is 358 g/mol. The Balaban J connectivity index is 1.93. The summed E-state index contributed by atoms with van der Waals surface area (Å²) in [6.07, 6.45) is 3.46. The van der Waals surface area contributed by atoms with Crippen molar-refractivity contribution in [2.24, 2.45) is 5.92 Å². The predicted molar refractivity (Wildman–Crippen MR) is 94.4 cm³/mol. The normalized spacial score (nSPS) is 19.7. The van der Waals surface area contributed by atoms with E-state index in [9.17, 15) is 4.79 Å². The van der Waals surface area contributed by atoms with Crippen LogP contribution in [0.25, 0.3) is 0 Å². The highest BCUT2D eigenvalue weighted by atomic mass is 79.9. The second-order valence-electron chi connectivity index (χ2n) is 7.04. The second kappa shape index (κ2) is 7.62. The Hall–Kier alpha value is -1.14. The fourth-order valence-electron chi connectivity index (χ4n) is 2.86. The Bertz CT molecular complexity index is 528. The van der Waals surface area contributed by atoms with Crippen molar-refractivity contribution in [2.75, 3.05) is 20.1 Å². The molecule has 1 aromatic heterocycles. The van der Waals surface area contributed by atoms with Crippen molar-refractivity contribution in [1.29, 1.82) is 0 Å². The number of rotatable bonds is 4. The van der Waals surface area contributed by atoms with E-state index >= 15 is 0 Å². The van der Waals surface area contributed by atoms with Crippen LogP contribution in [0.3, 0.4) is 0 Å². The Kier molecular flexibility index (Phi) is 6.03. The van der Waals surface area contributed by atoms with E-state index in [1.54, 1.807) is 0 Å². The summed E-state index contributed by atoms with van der Waals surface area (Å²) in [5.74, 6) is 0.415. The number of halogens is 1. The Morgan fingerprint density at radius 2 is 2.26 bits per heavy atom. The molecule has 0 radical (unpaired) electrons. The molecule has 1 amide bonds. The number of carbonyl (C=O) groups is 1. The highest BCUT2D eigenvalue weighted by molar-refractivity contribution is 9.10. The molecule has 1 aliphatic heterocycles. The molecule has 0 bridgehead atoms. The van der Waals surface area contributed by atoms with Crippen LogP contribution in [0.5, 0.6) is 0 Å².